The molecule has 24 heavy (non-hydrogen) atoms. The number of amides is 1. The van der Waals surface area contributed by atoms with Crippen LogP contribution in [0.3, 0.4) is 0 Å². The number of nitrogens with zero attached hydrogens (tertiary/aromatic N) is 3. The Morgan fingerprint density at radius 2 is 2.04 bits per heavy atom. The zero-order valence-electron chi connectivity index (χ0n) is 13.9. The lowest BCUT2D eigenvalue weighted by atomic mass is 10.2. The summed E-state index contributed by atoms with van der Waals surface area (Å²) in [7, 11) is 0. The number of carbonyl (C=O) groups excluding carboxylic acids is 1. The van der Waals surface area contributed by atoms with Crippen molar-refractivity contribution in [3.63, 3.8) is 0 Å². The quantitative estimate of drug-likeness (QED) is 0.707. The fraction of sp³-hybridized carbons (Fsp3) is 0.278. The van der Waals surface area contributed by atoms with Crippen LogP contribution in [-0.2, 0) is 6.54 Å². The van der Waals surface area contributed by atoms with Gasteiger partial charge in [0.25, 0.3) is 5.91 Å². The van der Waals surface area contributed by atoms with Gasteiger partial charge in [-0.05, 0) is 25.5 Å². The minimum Gasteiger partial charge on any atom is -0.384 e. The molecule has 6 nitrogen and oxygen atoms in total. The molecule has 1 atom stereocenters. The molecule has 3 aromatic rings. The predicted molar refractivity (Wildman–Crippen MR) is 96.9 cm³/mol. The maximum Gasteiger partial charge on any atom is 0.257 e. The summed E-state index contributed by atoms with van der Waals surface area (Å²) in [6, 6.07) is 7.62. The predicted octanol–water partition coefficient (Wildman–Crippen LogP) is 2.88. The van der Waals surface area contributed by atoms with Gasteiger partial charge >= 0.3 is 0 Å². The van der Waals surface area contributed by atoms with E-state index in [0.29, 0.717) is 29.1 Å². The molecular formula is C18H21N5O. The van der Waals surface area contributed by atoms with E-state index in [1.165, 1.54) is 0 Å². The van der Waals surface area contributed by atoms with Crippen molar-refractivity contribution in [3.05, 3.63) is 42.5 Å². The molecule has 1 aromatic carbocycles. The average Bonchev–Trinajstić information content (AvgIpc) is 2.84. The third-order valence-electron chi connectivity index (χ3n) is 4.12. The van der Waals surface area contributed by atoms with E-state index in [-0.39, 0.29) is 11.9 Å². The lowest BCUT2D eigenvalue weighted by Gasteiger charge is -2.11. The molecule has 124 valence electrons. The van der Waals surface area contributed by atoms with E-state index in [4.69, 9.17) is 5.73 Å². The van der Waals surface area contributed by atoms with Crippen molar-refractivity contribution in [2.45, 2.75) is 32.9 Å². The Labute approximate surface area is 140 Å². The van der Waals surface area contributed by atoms with Crippen LogP contribution in [0.5, 0.6) is 0 Å². The Balaban J connectivity index is 2.27. The second-order valence-corrected chi connectivity index (χ2v) is 5.83. The maximum atomic E-state index is 12.7. The molecule has 0 aliphatic carbocycles. The van der Waals surface area contributed by atoms with Crippen molar-refractivity contribution in [2.75, 3.05) is 5.73 Å². The lowest BCUT2D eigenvalue weighted by Crippen LogP contribution is -2.32. The molecule has 0 unspecified atom stereocenters. The number of fused-ring (bicyclic) bond motifs is 2. The van der Waals surface area contributed by atoms with Gasteiger partial charge in [-0.3, -0.25) is 4.79 Å². The van der Waals surface area contributed by atoms with Gasteiger partial charge < -0.3 is 15.6 Å². The summed E-state index contributed by atoms with van der Waals surface area (Å²) in [5.74, 6) is 0.139. The number of nitrogens with two attached hydrogens (primary N) is 1. The molecule has 2 heterocycles. The summed E-state index contributed by atoms with van der Waals surface area (Å²) in [5.41, 5.74) is 9.26. The van der Waals surface area contributed by atoms with Gasteiger partial charge in [-0.1, -0.05) is 25.1 Å². The van der Waals surface area contributed by atoms with Crippen molar-refractivity contribution < 1.29 is 4.79 Å². The molecule has 0 aliphatic rings. The highest BCUT2D eigenvalue weighted by atomic mass is 16.1. The molecule has 0 radical (unpaired) electrons. The van der Waals surface area contributed by atoms with E-state index in [1.807, 2.05) is 38.1 Å². The highest BCUT2D eigenvalue weighted by Gasteiger charge is 2.24. The Kier molecular flexibility index (Phi) is 4.20. The highest BCUT2D eigenvalue weighted by Crippen LogP contribution is 2.27. The molecule has 0 spiro atoms. The summed E-state index contributed by atoms with van der Waals surface area (Å²) in [6.45, 7) is 8.19. The van der Waals surface area contributed by atoms with Gasteiger partial charge in [0.2, 0.25) is 0 Å². The standard InChI is InChI=1S/C18H21N5O/c1-4-10-23-16(19)14(18(24)20-11(3)5-2)15-17(23)22-13-9-7-6-8-12(13)21-15/h4,6-9,11H,1,5,10,19H2,2-3H3,(H,20,24)/t11-/m0/s1. The smallest absolute Gasteiger partial charge is 0.257 e. The number of rotatable bonds is 5. The Morgan fingerprint density at radius 1 is 1.38 bits per heavy atom. The van der Waals surface area contributed by atoms with Gasteiger partial charge in [-0.25, -0.2) is 9.97 Å². The van der Waals surface area contributed by atoms with Crippen LogP contribution in [-0.4, -0.2) is 26.5 Å². The highest BCUT2D eigenvalue weighted by molar-refractivity contribution is 6.10. The van der Waals surface area contributed by atoms with Crippen LogP contribution in [0, 0.1) is 0 Å². The van der Waals surface area contributed by atoms with Crippen LogP contribution < -0.4 is 11.1 Å². The molecule has 2 aromatic heterocycles. The molecule has 3 rings (SSSR count). The van der Waals surface area contributed by atoms with E-state index < -0.39 is 0 Å². The number of hydrogen-bond donors (Lipinski definition) is 2. The van der Waals surface area contributed by atoms with Crippen molar-refractivity contribution in [1.82, 2.24) is 19.9 Å². The maximum absolute atomic E-state index is 12.7. The third-order valence-corrected chi connectivity index (χ3v) is 4.12. The Hall–Kier alpha value is -2.89. The number of para-hydroxylation sites is 2. The molecular weight excluding hydrogens is 302 g/mol. The Morgan fingerprint density at radius 3 is 2.67 bits per heavy atom. The van der Waals surface area contributed by atoms with E-state index in [1.54, 1.807) is 10.6 Å². The fourth-order valence-electron chi connectivity index (χ4n) is 2.65. The molecule has 0 aliphatic heterocycles. The molecule has 1 amide bonds. The van der Waals surface area contributed by atoms with Gasteiger partial charge in [0.05, 0.1) is 11.0 Å². The summed E-state index contributed by atoms with van der Waals surface area (Å²) < 4.78 is 1.77. The van der Waals surface area contributed by atoms with E-state index >= 15 is 0 Å². The first-order chi connectivity index (χ1) is 11.6. The first kappa shape index (κ1) is 16.0. The molecule has 0 saturated carbocycles. The van der Waals surface area contributed by atoms with Crippen molar-refractivity contribution in [3.8, 4) is 0 Å². The molecule has 3 N–H and O–H groups in total. The zero-order chi connectivity index (χ0) is 17.3. The number of nitrogens with one attached hydrogen (secondary N) is 1. The third kappa shape index (κ3) is 2.60. The number of nitrogen functional groups attached to an aromatic ring is 1. The van der Waals surface area contributed by atoms with Crippen LogP contribution in [0.4, 0.5) is 5.82 Å². The molecule has 0 bridgehead atoms. The molecule has 0 fully saturated rings. The normalized spacial score (nSPS) is 12.4. The summed E-state index contributed by atoms with van der Waals surface area (Å²) in [6.07, 6.45) is 2.56. The molecule has 6 heteroatoms. The van der Waals surface area contributed by atoms with E-state index in [0.717, 1.165) is 17.5 Å². The minimum atomic E-state index is -0.223. The van der Waals surface area contributed by atoms with Crippen LogP contribution >= 0.6 is 0 Å². The second-order valence-electron chi connectivity index (χ2n) is 5.83. The lowest BCUT2D eigenvalue weighted by molar-refractivity contribution is 0.0941. The number of anilines is 1. The minimum absolute atomic E-state index is 0.0584. The largest absolute Gasteiger partial charge is 0.384 e. The topological polar surface area (TPSA) is 85.8 Å². The Bertz CT molecular complexity index is 928. The SMILES string of the molecule is C=CCn1c(N)c(C(=O)N[C@@H](C)CC)c2nc3ccccc3nc21. The van der Waals surface area contributed by atoms with Gasteiger partial charge in [-0.2, -0.15) is 0 Å². The second kappa shape index (κ2) is 6.31. The number of carbonyl (C=O) groups is 1. The van der Waals surface area contributed by atoms with Crippen molar-refractivity contribution >= 4 is 33.9 Å². The summed E-state index contributed by atoms with van der Waals surface area (Å²) in [4.78, 5) is 22.0. The van der Waals surface area contributed by atoms with Gasteiger partial charge in [-0.15, -0.1) is 6.58 Å². The summed E-state index contributed by atoms with van der Waals surface area (Å²) in [5, 5.41) is 2.96. The van der Waals surface area contributed by atoms with Crippen LogP contribution in [0.1, 0.15) is 30.6 Å². The number of hydrogen-bond acceptors (Lipinski definition) is 4. The van der Waals surface area contributed by atoms with Gasteiger partial charge in [0.1, 0.15) is 16.9 Å². The first-order valence-corrected chi connectivity index (χ1v) is 8.03. The molecule has 0 saturated heterocycles. The fourth-order valence-corrected chi connectivity index (χ4v) is 2.65. The van der Waals surface area contributed by atoms with Gasteiger partial charge in [0.15, 0.2) is 5.65 Å². The number of benzene rings is 1. The van der Waals surface area contributed by atoms with Crippen LogP contribution in [0.15, 0.2) is 36.9 Å². The van der Waals surface area contributed by atoms with E-state index in [9.17, 15) is 4.79 Å². The average molecular weight is 323 g/mol. The monoisotopic (exact) mass is 323 g/mol. The first-order valence-electron chi connectivity index (χ1n) is 8.03. The number of aromatic nitrogens is 3. The summed E-state index contributed by atoms with van der Waals surface area (Å²) >= 11 is 0. The van der Waals surface area contributed by atoms with Crippen LogP contribution in [0.25, 0.3) is 22.2 Å². The van der Waals surface area contributed by atoms with Crippen LogP contribution in [0.2, 0.25) is 0 Å². The number of allylic oxidation sites excluding steroid dienone is 1. The van der Waals surface area contributed by atoms with Gasteiger partial charge in [0, 0.05) is 12.6 Å². The van der Waals surface area contributed by atoms with Crippen molar-refractivity contribution in [2.24, 2.45) is 0 Å². The zero-order valence-corrected chi connectivity index (χ0v) is 13.9. The van der Waals surface area contributed by atoms with E-state index in [2.05, 4.69) is 21.9 Å². The van der Waals surface area contributed by atoms with Crippen molar-refractivity contribution in [1.29, 1.82) is 0 Å².